The van der Waals surface area contributed by atoms with Crippen molar-refractivity contribution >= 4 is 34.9 Å². The quantitative estimate of drug-likeness (QED) is 0.574. The number of aryl methyl sites for hydroxylation is 1. The molecule has 3 amide bonds. The summed E-state index contributed by atoms with van der Waals surface area (Å²) >= 11 is 0. The van der Waals surface area contributed by atoms with Gasteiger partial charge in [-0.05, 0) is 44.2 Å². The summed E-state index contributed by atoms with van der Waals surface area (Å²) in [6, 6.07) is 3.40. The summed E-state index contributed by atoms with van der Waals surface area (Å²) < 4.78 is 1.97. The van der Waals surface area contributed by atoms with Gasteiger partial charge < -0.3 is 15.0 Å². The number of fused-ring (bicyclic) bond motifs is 1. The molecule has 3 aromatic heterocycles. The van der Waals surface area contributed by atoms with Crippen LogP contribution in [0.25, 0.3) is 5.65 Å². The van der Waals surface area contributed by atoms with Crippen LogP contribution in [0.15, 0.2) is 24.5 Å². The maximum absolute atomic E-state index is 12.7. The molecule has 2 aliphatic rings. The lowest BCUT2D eigenvalue weighted by atomic mass is 10.1. The average molecular weight is 435 g/mol. The molecule has 1 aliphatic carbocycles. The molecule has 2 N–H and O–H groups in total. The van der Waals surface area contributed by atoms with Gasteiger partial charge in [0.15, 0.2) is 5.65 Å². The van der Waals surface area contributed by atoms with Gasteiger partial charge in [0.05, 0.1) is 17.4 Å². The Labute approximate surface area is 185 Å². The summed E-state index contributed by atoms with van der Waals surface area (Å²) in [7, 11) is 3.33. The number of hydrogen-bond donors (Lipinski definition) is 2. The van der Waals surface area contributed by atoms with Crippen LogP contribution in [0, 0.1) is 6.92 Å². The number of amides is 3. The highest BCUT2D eigenvalue weighted by atomic mass is 16.2. The minimum atomic E-state index is -0.323. The van der Waals surface area contributed by atoms with Gasteiger partial charge in [0.25, 0.3) is 0 Å². The Kier molecular flexibility index (Phi) is 4.72. The average Bonchev–Trinajstić information content (AvgIpc) is 3.47. The molecule has 0 spiro atoms. The third-order valence-electron chi connectivity index (χ3n) is 6.00. The summed E-state index contributed by atoms with van der Waals surface area (Å²) in [5.74, 6) is 2.38. The van der Waals surface area contributed by atoms with Crippen molar-refractivity contribution in [1.82, 2.24) is 24.3 Å². The number of carbonyl (C=O) groups excluding carboxylic acids is 2. The first-order valence-electron chi connectivity index (χ1n) is 10.7. The Morgan fingerprint density at radius 3 is 2.50 bits per heavy atom. The number of aromatic nitrogens is 4. The Hall–Kier alpha value is -3.69. The minimum Gasteiger partial charge on any atom is -0.373 e. The van der Waals surface area contributed by atoms with E-state index in [-0.39, 0.29) is 24.5 Å². The molecule has 1 saturated carbocycles. The fourth-order valence-corrected chi connectivity index (χ4v) is 4.02. The molecular weight excluding hydrogens is 408 g/mol. The van der Waals surface area contributed by atoms with Crippen molar-refractivity contribution in [1.29, 1.82) is 0 Å². The molecule has 10 heteroatoms. The first-order chi connectivity index (χ1) is 15.3. The molecule has 166 valence electrons. The van der Waals surface area contributed by atoms with Crippen molar-refractivity contribution < 1.29 is 9.59 Å². The summed E-state index contributed by atoms with van der Waals surface area (Å²) in [6.45, 7) is 3.89. The Morgan fingerprint density at radius 2 is 1.84 bits per heavy atom. The van der Waals surface area contributed by atoms with Crippen LogP contribution in [0.5, 0.6) is 0 Å². The lowest BCUT2D eigenvalue weighted by Gasteiger charge is -2.17. The molecule has 0 bridgehead atoms. The molecular formula is C22H26N8O2. The largest absolute Gasteiger partial charge is 0.373 e. The van der Waals surface area contributed by atoms with Gasteiger partial charge in [-0.2, -0.15) is 0 Å². The summed E-state index contributed by atoms with van der Waals surface area (Å²) in [6.07, 6.45) is 6.33. The highest BCUT2D eigenvalue weighted by Gasteiger charge is 2.36. The third kappa shape index (κ3) is 3.51. The van der Waals surface area contributed by atoms with E-state index >= 15 is 0 Å². The van der Waals surface area contributed by atoms with Crippen LogP contribution in [0.4, 0.5) is 22.1 Å². The molecule has 1 saturated heterocycles. The van der Waals surface area contributed by atoms with Crippen molar-refractivity contribution in [2.75, 3.05) is 36.2 Å². The van der Waals surface area contributed by atoms with Crippen molar-refractivity contribution in [2.24, 2.45) is 0 Å². The van der Waals surface area contributed by atoms with E-state index in [9.17, 15) is 9.59 Å². The number of likely N-dealkylation sites (N-methyl/N-ethyl adjacent to an activating group) is 1. The smallest absolute Gasteiger partial charge is 0.331 e. The van der Waals surface area contributed by atoms with Gasteiger partial charge in [-0.15, -0.1) is 0 Å². The summed E-state index contributed by atoms with van der Waals surface area (Å²) in [5.41, 5.74) is 3.31. The fourth-order valence-electron chi connectivity index (χ4n) is 4.02. The molecule has 0 unspecified atom stereocenters. The van der Waals surface area contributed by atoms with E-state index in [1.54, 1.807) is 0 Å². The number of nitrogens with one attached hydrogen (secondary N) is 2. The van der Waals surface area contributed by atoms with E-state index in [0.29, 0.717) is 28.9 Å². The number of urea groups is 1. The third-order valence-corrected chi connectivity index (χ3v) is 6.00. The van der Waals surface area contributed by atoms with Crippen LogP contribution in [0.3, 0.4) is 0 Å². The number of imidazole rings is 1. The zero-order valence-corrected chi connectivity index (χ0v) is 18.6. The first kappa shape index (κ1) is 20.2. The van der Waals surface area contributed by atoms with Crippen LogP contribution in [0.2, 0.25) is 0 Å². The summed E-state index contributed by atoms with van der Waals surface area (Å²) in [4.78, 5) is 41.1. The molecule has 4 heterocycles. The van der Waals surface area contributed by atoms with Crippen LogP contribution in [-0.4, -0.2) is 56.8 Å². The first-order valence-corrected chi connectivity index (χ1v) is 10.7. The second-order valence-corrected chi connectivity index (χ2v) is 8.45. The molecule has 10 nitrogen and oxygen atoms in total. The minimum absolute atomic E-state index is 0.0299. The zero-order valence-electron chi connectivity index (χ0n) is 18.6. The number of imide groups is 1. The van der Waals surface area contributed by atoms with Gasteiger partial charge >= 0.3 is 6.03 Å². The molecule has 1 atom stereocenters. The van der Waals surface area contributed by atoms with Gasteiger partial charge in [-0.3, -0.25) is 14.6 Å². The van der Waals surface area contributed by atoms with Gasteiger partial charge in [0.2, 0.25) is 5.91 Å². The molecule has 2 fully saturated rings. The van der Waals surface area contributed by atoms with Crippen LogP contribution >= 0.6 is 0 Å². The Morgan fingerprint density at radius 1 is 1.09 bits per heavy atom. The predicted octanol–water partition coefficient (Wildman–Crippen LogP) is 2.92. The second-order valence-electron chi connectivity index (χ2n) is 8.45. The highest BCUT2D eigenvalue weighted by molar-refractivity contribution is 6.13. The Bertz CT molecular complexity index is 1230. The van der Waals surface area contributed by atoms with E-state index in [4.69, 9.17) is 4.98 Å². The molecule has 3 aromatic rings. The highest BCUT2D eigenvalue weighted by Crippen LogP contribution is 2.42. The van der Waals surface area contributed by atoms with Gasteiger partial charge in [-0.25, -0.2) is 19.7 Å². The number of pyridine rings is 1. The van der Waals surface area contributed by atoms with Gasteiger partial charge in [-0.1, -0.05) is 0 Å². The zero-order chi connectivity index (χ0) is 22.6. The number of hydrogen-bond acceptors (Lipinski definition) is 7. The molecule has 0 aromatic carbocycles. The maximum Gasteiger partial charge on any atom is 0.331 e. The van der Waals surface area contributed by atoms with Crippen molar-refractivity contribution in [3.8, 4) is 0 Å². The molecule has 0 radical (unpaired) electrons. The lowest BCUT2D eigenvalue weighted by molar-refractivity contribution is -0.123. The Balaban J connectivity index is 1.52. The van der Waals surface area contributed by atoms with Crippen LogP contribution < -0.4 is 15.5 Å². The van der Waals surface area contributed by atoms with Crippen LogP contribution in [0.1, 0.15) is 48.8 Å². The van der Waals surface area contributed by atoms with E-state index in [0.717, 1.165) is 34.8 Å². The fraction of sp³-hybridized carbons (Fsp3) is 0.409. The van der Waals surface area contributed by atoms with Gasteiger partial charge in [0, 0.05) is 32.6 Å². The monoisotopic (exact) mass is 434 g/mol. The van der Waals surface area contributed by atoms with E-state index in [1.807, 2.05) is 43.6 Å². The van der Waals surface area contributed by atoms with E-state index < -0.39 is 0 Å². The SMILES string of the molecule is CNc1cc(N[C@H](C)c2cn3cc(C4CC4)cc(N4CC(=O)N(C)C4=O)c3n2)nc(C)n1. The predicted molar refractivity (Wildman–Crippen MR) is 121 cm³/mol. The summed E-state index contributed by atoms with van der Waals surface area (Å²) in [5, 5.41) is 6.42. The second kappa shape index (κ2) is 7.47. The molecule has 32 heavy (non-hydrogen) atoms. The van der Waals surface area contributed by atoms with E-state index in [2.05, 4.69) is 26.8 Å². The molecule has 5 rings (SSSR count). The number of anilines is 3. The van der Waals surface area contributed by atoms with E-state index in [1.165, 1.54) is 11.9 Å². The van der Waals surface area contributed by atoms with Crippen molar-refractivity contribution in [3.63, 3.8) is 0 Å². The van der Waals surface area contributed by atoms with Crippen molar-refractivity contribution in [3.05, 3.63) is 41.6 Å². The molecule has 1 aliphatic heterocycles. The standard InChI is InChI=1S/C22H26N8O2/c1-12(24-19-8-18(23-3)25-13(2)26-19)16-10-29-9-15(14-5-6-14)7-17(21(29)27-16)30-11-20(31)28(4)22(30)32/h7-10,12,14H,5-6,11H2,1-4H3,(H2,23,24,25,26)/t12-/m1/s1. The number of carbonyl (C=O) groups is 2. The topological polar surface area (TPSA) is 108 Å². The lowest BCUT2D eigenvalue weighted by Crippen LogP contribution is -2.30. The van der Waals surface area contributed by atoms with Crippen LogP contribution in [-0.2, 0) is 4.79 Å². The van der Waals surface area contributed by atoms with Crippen molar-refractivity contribution in [2.45, 2.75) is 38.6 Å². The normalized spacial score (nSPS) is 17.4. The van der Waals surface area contributed by atoms with Gasteiger partial charge in [0.1, 0.15) is 24.0 Å². The number of rotatable bonds is 6. The maximum atomic E-state index is 12.7. The number of nitrogens with zero attached hydrogens (tertiary/aromatic N) is 6.